The van der Waals surface area contributed by atoms with Crippen molar-refractivity contribution in [2.45, 2.75) is 26.0 Å². The number of aromatic nitrogens is 1. The molecule has 2 N–H and O–H groups in total. The van der Waals surface area contributed by atoms with Gasteiger partial charge < -0.3 is 15.2 Å². The lowest BCUT2D eigenvalue weighted by Crippen LogP contribution is -2.49. The van der Waals surface area contributed by atoms with Gasteiger partial charge in [0.15, 0.2) is 0 Å². The monoisotopic (exact) mass is 454 g/mol. The van der Waals surface area contributed by atoms with Gasteiger partial charge in [0.2, 0.25) is 0 Å². The molecule has 0 spiro atoms. The predicted octanol–water partition coefficient (Wildman–Crippen LogP) is 5.27. The summed E-state index contributed by atoms with van der Waals surface area (Å²) in [7, 11) is 0. The first-order valence-corrected chi connectivity index (χ1v) is 10.7. The molecule has 158 valence electrons. The first-order chi connectivity index (χ1) is 14.8. The number of carbonyl (C=O) groups is 2. The second-order valence-electron chi connectivity index (χ2n) is 7.53. The molecule has 0 bridgehead atoms. The number of hydrogen-bond donors (Lipinski definition) is 2. The molecule has 0 unspecified atom stereocenters. The van der Waals surface area contributed by atoms with Crippen LogP contribution in [0.2, 0.25) is 5.02 Å². The zero-order chi connectivity index (χ0) is 22.2. The molecular weight excluding hydrogens is 436 g/mol. The Morgan fingerprint density at radius 2 is 1.81 bits per heavy atom. The first kappa shape index (κ1) is 21.1. The number of para-hydroxylation sites is 1. The molecule has 1 heterocycles. The summed E-state index contributed by atoms with van der Waals surface area (Å²) < 4.78 is 7.14. The molecule has 0 aliphatic rings. The van der Waals surface area contributed by atoms with Crippen LogP contribution >= 0.6 is 22.9 Å². The predicted molar refractivity (Wildman–Crippen MR) is 122 cm³/mol. The smallest absolute Gasteiger partial charge is 0.328 e. The van der Waals surface area contributed by atoms with E-state index in [0.717, 1.165) is 20.6 Å². The van der Waals surface area contributed by atoms with E-state index in [-0.39, 0.29) is 12.2 Å². The van der Waals surface area contributed by atoms with Gasteiger partial charge in [-0.1, -0.05) is 48.0 Å². The molecule has 4 rings (SSSR count). The summed E-state index contributed by atoms with van der Waals surface area (Å²) in [6, 6.07) is 16.6. The summed E-state index contributed by atoms with van der Waals surface area (Å²) in [6.07, 6.45) is 0. The van der Waals surface area contributed by atoms with Gasteiger partial charge in [0, 0.05) is 15.8 Å². The molecule has 1 aromatic heterocycles. The lowest BCUT2D eigenvalue weighted by molar-refractivity contribution is -0.143. The van der Waals surface area contributed by atoms with Crippen molar-refractivity contribution < 1.29 is 19.4 Å². The highest BCUT2D eigenvalue weighted by atomic mass is 35.5. The van der Waals surface area contributed by atoms with Gasteiger partial charge in [-0.25, -0.2) is 9.78 Å². The molecule has 0 saturated carbocycles. The lowest BCUT2D eigenvalue weighted by Gasteiger charge is -2.22. The van der Waals surface area contributed by atoms with Crippen LogP contribution in [-0.2, 0) is 11.4 Å². The number of carbonyl (C=O) groups excluding carboxylic acids is 1. The maximum absolute atomic E-state index is 13.0. The third-order valence-corrected chi connectivity index (χ3v) is 6.15. The van der Waals surface area contributed by atoms with Crippen LogP contribution in [0.5, 0.6) is 5.75 Å². The Labute approximate surface area is 187 Å². The minimum atomic E-state index is -1.46. The van der Waals surface area contributed by atoms with Gasteiger partial charge in [0.05, 0.1) is 15.8 Å². The fraction of sp³-hybridized carbons (Fsp3) is 0.174. The van der Waals surface area contributed by atoms with Gasteiger partial charge in [-0.3, -0.25) is 4.79 Å². The van der Waals surface area contributed by atoms with Crippen LogP contribution in [0.25, 0.3) is 21.0 Å². The van der Waals surface area contributed by atoms with E-state index in [9.17, 15) is 14.7 Å². The largest absolute Gasteiger partial charge is 0.485 e. The van der Waals surface area contributed by atoms with Crippen molar-refractivity contribution in [1.29, 1.82) is 0 Å². The van der Waals surface area contributed by atoms with Gasteiger partial charge in [-0.2, -0.15) is 0 Å². The number of rotatable bonds is 6. The molecule has 0 fully saturated rings. The summed E-state index contributed by atoms with van der Waals surface area (Å²) in [6.45, 7) is 2.99. The molecule has 3 aromatic carbocycles. The fourth-order valence-corrected chi connectivity index (χ4v) is 4.30. The van der Waals surface area contributed by atoms with Crippen molar-refractivity contribution in [2.24, 2.45) is 0 Å². The van der Waals surface area contributed by atoms with E-state index in [4.69, 9.17) is 16.3 Å². The number of thiazole rings is 1. The van der Waals surface area contributed by atoms with Crippen LogP contribution in [0.15, 0.2) is 54.6 Å². The van der Waals surface area contributed by atoms with E-state index in [1.165, 1.54) is 31.3 Å². The Morgan fingerprint density at radius 1 is 1.13 bits per heavy atom. The molecule has 0 radical (unpaired) electrons. The normalized spacial score (nSPS) is 11.6. The zero-order valence-electron chi connectivity index (χ0n) is 16.8. The maximum Gasteiger partial charge on any atom is 0.328 e. The second kappa shape index (κ2) is 8.17. The van der Waals surface area contributed by atoms with E-state index in [1.54, 1.807) is 0 Å². The summed E-state index contributed by atoms with van der Waals surface area (Å²) in [5.74, 6) is -1.40. The van der Waals surface area contributed by atoms with Crippen molar-refractivity contribution in [3.8, 4) is 5.75 Å². The third kappa shape index (κ3) is 4.19. The Hall–Kier alpha value is -3.16. The minimum Gasteiger partial charge on any atom is -0.485 e. The molecule has 1 amide bonds. The van der Waals surface area contributed by atoms with Crippen molar-refractivity contribution in [3.63, 3.8) is 0 Å². The molecule has 31 heavy (non-hydrogen) atoms. The summed E-state index contributed by atoms with van der Waals surface area (Å²) in [5, 5.41) is 14.4. The maximum atomic E-state index is 13.0. The Balaban J connectivity index is 1.74. The number of benzene rings is 3. The molecule has 0 aliphatic carbocycles. The van der Waals surface area contributed by atoms with Crippen molar-refractivity contribution >= 4 is 55.8 Å². The number of hydrogen-bond acceptors (Lipinski definition) is 5. The molecule has 0 aliphatic heterocycles. The van der Waals surface area contributed by atoms with Crippen molar-refractivity contribution in [3.05, 3.63) is 70.2 Å². The molecule has 4 aromatic rings. The highest BCUT2D eigenvalue weighted by molar-refractivity contribution is 7.18. The van der Waals surface area contributed by atoms with Gasteiger partial charge in [-0.15, -0.1) is 11.3 Å². The summed E-state index contributed by atoms with van der Waals surface area (Å²) >= 11 is 7.93. The number of halogens is 1. The Morgan fingerprint density at radius 3 is 2.52 bits per heavy atom. The van der Waals surface area contributed by atoms with E-state index in [1.807, 2.05) is 48.5 Å². The first-order valence-electron chi connectivity index (χ1n) is 9.50. The van der Waals surface area contributed by atoms with Crippen LogP contribution < -0.4 is 10.1 Å². The number of nitrogens with zero attached hydrogens (tertiary/aromatic N) is 1. The third-order valence-electron chi connectivity index (χ3n) is 4.83. The SMILES string of the molecule is CC(C)(NC(=O)c1cc(Cl)c2ccccc2c1OCc1nc2ccccc2s1)C(=O)O. The quantitative estimate of drug-likeness (QED) is 0.414. The van der Waals surface area contributed by atoms with Crippen LogP contribution in [-0.4, -0.2) is 27.5 Å². The number of carboxylic acid groups (broad SMARTS) is 1. The molecule has 0 saturated heterocycles. The molecule has 0 atom stereocenters. The van der Waals surface area contributed by atoms with Crippen LogP contribution in [0, 0.1) is 0 Å². The van der Waals surface area contributed by atoms with Gasteiger partial charge in [-0.05, 0) is 32.0 Å². The minimum absolute atomic E-state index is 0.160. The van der Waals surface area contributed by atoms with E-state index in [0.29, 0.717) is 16.2 Å². The fourth-order valence-electron chi connectivity index (χ4n) is 3.15. The van der Waals surface area contributed by atoms with E-state index < -0.39 is 17.4 Å². The highest BCUT2D eigenvalue weighted by Gasteiger charge is 2.31. The van der Waals surface area contributed by atoms with Crippen LogP contribution in [0.4, 0.5) is 0 Å². The van der Waals surface area contributed by atoms with Crippen molar-refractivity contribution in [2.75, 3.05) is 0 Å². The summed E-state index contributed by atoms with van der Waals surface area (Å²) in [4.78, 5) is 29.0. The number of fused-ring (bicyclic) bond motifs is 2. The average Bonchev–Trinajstić information content (AvgIpc) is 3.15. The van der Waals surface area contributed by atoms with Crippen molar-refractivity contribution in [1.82, 2.24) is 10.3 Å². The molecular formula is C23H19ClN2O4S. The average molecular weight is 455 g/mol. The summed E-state index contributed by atoms with van der Waals surface area (Å²) in [5.41, 5.74) is -0.410. The Kier molecular flexibility index (Phi) is 5.56. The second-order valence-corrected chi connectivity index (χ2v) is 9.05. The van der Waals surface area contributed by atoms with E-state index >= 15 is 0 Å². The van der Waals surface area contributed by atoms with Gasteiger partial charge in [0.25, 0.3) is 5.91 Å². The molecule has 6 nitrogen and oxygen atoms in total. The van der Waals surface area contributed by atoms with Crippen LogP contribution in [0.3, 0.4) is 0 Å². The van der Waals surface area contributed by atoms with E-state index in [2.05, 4.69) is 10.3 Å². The number of nitrogens with one attached hydrogen (secondary N) is 1. The van der Waals surface area contributed by atoms with Crippen LogP contribution in [0.1, 0.15) is 29.2 Å². The lowest BCUT2D eigenvalue weighted by atomic mass is 10.0. The zero-order valence-corrected chi connectivity index (χ0v) is 18.4. The number of ether oxygens (including phenoxy) is 1. The number of carboxylic acids is 1. The Bertz CT molecular complexity index is 1280. The number of aliphatic carboxylic acids is 1. The van der Waals surface area contributed by atoms with Gasteiger partial charge >= 0.3 is 5.97 Å². The molecule has 8 heteroatoms. The highest BCUT2D eigenvalue weighted by Crippen LogP contribution is 2.36. The standard InChI is InChI=1S/C23H19ClN2O4S/c1-23(2,22(28)29)26-21(27)15-11-16(24)13-7-3-4-8-14(13)20(15)30-12-19-25-17-9-5-6-10-18(17)31-19/h3-11H,12H2,1-2H3,(H,26,27)(H,28,29). The topological polar surface area (TPSA) is 88.5 Å². The number of amides is 1. The van der Waals surface area contributed by atoms with Gasteiger partial charge in [0.1, 0.15) is 22.9 Å².